The van der Waals surface area contributed by atoms with E-state index in [1.54, 1.807) is 0 Å². The first-order valence-electron chi connectivity index (χ1n) is 5.33. The molecule has 3 nitrogen and oxygen atoms in total. The molecule has 5 heteroatoms. The van der Waals surface area contributed by atoms with Crippen LogP contribution in [0.15, 0.2) is 0 Å². The highest BCUT2D eigenvalue weighted by Crippen LogP contribution is 2.30. The summed E-state index contributed by atoms with van der Waals surface area (Å²) >= 11 is 0. The number of amides is 1. The molecule has 0 aromatic rings. The third-order valence-electron chi connectivity index (χ3n) is 3.22. The van der Waals surface area contributed by atoms with Gasteiger partial charge in [-0.2, -0.15) is 0 Å². The summed E-state index contributed by atoms with van der Waals surface area (Å²) in [6.07, 6.45) is 1.61. The van der Waals surface area contributed by atoms with Gasteiger partial charge < -0.3 is 9.80 Å². The molecular formula is C10H16F2N2O. The van der Waals surface area contributed by atoms with Crippen molar-refractivity contribution in [1.82, 2.24) is 9.80 Å². The van der Waals surface area contributed by atoms with Crippen molar-refractivity contribution in [2.45, 2.75) is 18.8 Å². The van der Waals surface area contributed by atoms with Crippen molar-refractivity contribution in [3.8, 4) is 0 Å². The molecule has 2 saturated heterocycles. The summed E-state index contributed by atoms with van der Waals surface area (Å²) in [6.45, 7) is 1.03. The molecule has 0 radical (unpaired) electrons. The van der Waals surface area contributed by atoms with Crippen molar-refractivity contribution in [2.24, 2.45) is 5.92 Å². The van der Waals surface area contributed by atoms with Gasteiger partial charge >= 0.3 is 0 Å². The Kier molecular flexibility index (Phi) is 2.66. The Morgan fingerprint density at radius 3 is 2.27 bits per heavy atom. The highest BCUT2D eigenvalue weighted by molar-refractivity contribution is 5.80. The van der Waals surface area contributed by atoms with Gasteiger partial charge in [0.2, 0.25) is 5.91 Å². The summed E-state index contributed by atoms with van der Waals surface area (Å²) in [7, 11) is 2.01. The number of piperidine rings is 1. The van der Waals surface area contributed by atoms with Crippen LogP contribution in [-0.2, 0) is 4.79 Å². The smallest absolute Gasteiger partial charge is 0.282 e. The number of rotatable bonds is 1. The maximum Gasteiger partial charge on any atom is 0.282 e. The van der Waals surface area contributed by atoms with Crippen molar-refractivity contribution in [3.05, 3.63) is 0 Å². The van der Waals surface area contributed by atoms with Crippen LogP contribution < -0.4 is 0 Å². The second kappa shape index (κ2) is 3.70. The van der Waals surface area contributed by atoms with Crippen LogP contribution in [0.5, 0.6) is 0 Å². The van der Waals surface area contributed by atoms with Gasteiger partial charge in [0.1, 0.15) is 0 Å². The van der Waals surface area contributed by atoms with Gasteiger partial charge in [0.15, 0.2) is 0 Å². The standard InChI is InChI=1S/C10H16F2N2O/c1-13-4-2-8(3-5-13)9(15)14-6-10(11,12)7-14/h8H,2-7H2,1H3. The second-order valence-electron chi connectivity index (χ2n) is 4.63. The first-order chi connectivity index (χ1) is 6.98. The number of halogens is 2. The second-order valence-corrected chi connectivity index (χ2v) is 4.63. The van der Waals surface area contributed by atoms with E-state index in [0.29, 0.717) is 0 Å². The van der Waals surface area contributed by atoms with Crippen molar-refractivity contribution < 1.29 is 13.6 Å². The minimum absolute atomic E-state index is 0.0303. The fourth-order valence-electron chi connectivity index (χ4n) is 2.18. The van der Waals surface area contributed by atoms with Gasteiger partial charge in [-0.25, -0.2) is 8.78 Å². The average Bonchev–Trinajstić information content (AvgIpc) is 2.14. The third-order valence-corrected chi connectivity index (χ3v) is 3.22. The monoisotopic (exact) mass is 218 g/mol. The molecule has 2 aliphatic heterocycles. The Morgan fingerprint density at radius 1 is 1.27 bits per heavy atom. The lowest BCUT2D eigenvalue weighted by atomic mass is 9.94. The zero-order chi connectivity index (χ0) is 11.1. The van der Waals surface area contributed by atoms with Crippen LogP contribution in [0.4, 0.5) is 8.78 Å². The summed E-state index contributed by atoms with van der Waals surface area (Å²) in [4.78, 5) is 15.2. The molecule has 0 unspecified atom stereocenters. The molecule has 0 N–H and O–H groups in total. The Balaban J connectivity index is 1.82. The van der Waals surface area contributed by atoms with E-state index < -0.39 is 5.92 Å². The largest absolute Gasteiger partial charge is 0.330 e. The normalized spacial score (nSPS) is 27.5. The maximum absolute atomic E-state index is 12.6. The number of hydrogen-bond donors (Lipinski definition) is 0. The molecule has 86 valence electrons. The van der Waals surface area contributed by atoms with E-state index in [4.69, 9.17) is 0 Å². The van der Waals surface area contributed by atoms with E-state index in [0.717, 1.165) is 25.9 Å². The summed E-state index contributed by atoms with van der Waals surface area (Å²) in [5.41, 5.74) is 0. The van der Waals surface area contributed by atoms with Gasteiger partial charge in [0.25, 0.3) is 5.92 Å². The van der Waals surface area contributed by atoms with Gasteiger partial charge in [0, 0.05) is 5.92 Å². The van der Waals surface area contributed by atoms with Crippen LogP contribution in [-0.4, -0.2) is 54.9 Å². The number of carbonyl (C=O) groups is 1. The van der Waals surface area contributed by atoms with Crippen LogP contribution in [0.1, 0.15) is 12.8 Å². The van der Waals surface area contributed by atoms with E-state index in [2.05, 4.69) is 4.90 Å². The highest BCUT2D eigenvalue weighted by atomic mass is 19.3. The third kappa shape index (κ3) is 2.27. The molecule has 2 rings (SSSR count). The van der Waals surface area contributed by atoms with Gasteiger partial charge in [-0.1, -0.05) is 0 Å². The molecule has 2 fully saturated rings. The van der Waals surface area contributed by atoms with E-state index in [-0.39, 0.29) is 24.9 Å². The fraction of sp³-hybridized carbons (Fsp3) is 0.900. The first kappa shape index (κ1) is 10.8. The Labute approximate surface area is 88.0 Å². The molecule has 0 bridgehead atoms. The molecule has 0 saturated carbocycles. The molecule has 0 aliphatic carbocycles. The SMILES string of the molecule is CN1CCC(C(=O)N2CC(F)(F)C2)CC1. The number of hydrogen-bond acceptors (Lipinski definition) is 2. The molecule has 0 aromatic heterocycles. The lowest BCUT2D eigenvalue weighted by Crippen LogP contribution is -2.60. The molecule has 1 amide bonds. The molecule has 15 heavy (non-hydrogen) atoms. The molecule has 2 heterocycles. The summed E-state index contributed by atoms with van der Waals surface area (Å²) in [5, 5.41) is 0. The van der Waals surface area contributed by atoms with Crippen molar-refractivity contribution in [3.63, 3.8) is 0 Å². The van der Waals surface area contributed by atoms with Gasteiger partial charge in [0.05, 0.1) is 13.1 Å². The zero-order valence-electron chi connectivity index (χ0n) is 8.88. The fourth-order valence-corrected chi connectivity index (χ4v) is 2.18. The predicted octanol–water partition coefficient (Wildman–Crippen LogP) is 0.806. The van der Waals surface area contributed by atoms with Crippen molar-refractivity contribution >= 4 is 5.91 Å². The topological polar surface area (TPSA) is 23.6 Å². The lowest BCUT2D eigenvalue weighted by Gasteiger charge is -2.41. The molecule has 0 aromatic carbocycles. The molecule has 0 atom stereocenters. The van der Waals surface area contributed by atoms with Crippen molar-refractivity contribution in [1.29, 1.82) is 0 Å². The number of alkyl halides is 2. The van der Waals surface area contributed by atoms with Crippen LogP contribution in [0.25, 0.3) is 0 Å². The summed E-state index contributed by atoms with van der Waals surface area (Å²) < 4.78 is 25.2. The number of nitrogens with zero attached hydrogens (tertiary/aromatic N) is 2. The summed E-state index contributed by atoms with van der Waals surface area (Å²) in [6, 6.07) is 0. The highest BCUT2D eigenvalue weighted by Gasteiger charge is 2.47. The van der Waals surface area contributed by atoms with Gasteiger partial charge in [-0.15, -0.1) is 0 Å². The van der Waals surface area contributed by atoms with Crippen LogP contribution >= 0.6 is 0 Å². The zero-order valence-corrected chi connectivity index (χ0v) is 8.88. The minimum atomic E-state index is -2.64. The van der Waals surface area contributed by atoms with Gasteiger partial charge in [-0.05, 0) is 33.0 Å². The van der Waals surface area contributed by atoms with E-state index in [1.807, 2.05) is 7.05 Å². The van der Waals surface area contributed by atoms with Gasteiger partial charge in [-0.3, -0.25) is 4.79 Å². The molecule has 2 aliphatic rings. The lowest BCUT2D eigenvalue weighted by molar-refractivity contribution is -0.170. The average molecular weight is 218 g/mol. The Bertz CT molecular complexity index is 254. The summed E-state index contributed by atoms with van der Waals surface area (Å²) in [5.74, 6) is -2.74. The van der Waals surface area contributed by atoms with Crippen LogP contribution in [0, 0.1) is 5.92 Å². The number of likely N-dealkylation sites (tertiary alicyclic amines) is 2. The number of carbonyl (C=O) groups excluding carboxylic acids is 1. The predicted molar refractivity (Wildman–Crippen MR) is 51.7 cm³/mol. The minimum Gasteiger partial charge on any atom is -0.330 e. The molecular weight excluding hydrogens is 202 g/mol. The quantitative estimate of drug-likeness (QED) is 0.650. The van der Waals surface area contributed by atoms with E-state index in [1.165, 1.54) is 4.90 Å². The van der Waals surface area contributed by atoms with Crippen LogP contribution in [0.2, 0.25) is 0 Å². The van der Waals surface area contributed by atoms with E-state index >= 15 is 0 Å². The molecule has 0 spiro atoms. The van der Waals surface area contributed by atoms with Crippen molar-refractivity contribution in [2.75, 3.05) is 33.2 Å². The first-order valence-corrected chi connectivity index (χ1v) is 5.33. The maximum atomic E-state index is 12.6. The van der Waals surface area contributed by atoms with E-state index in [9.17, 15) is 13.6 Å². The van der Waals surface area contributed by atoms with Crippen LogP contribution in [0.3, 0.4) is 0 Å². The Hall–Kier alpha value is -0.710. The Morgan fingerprint density at radius 2 is 1.80 bits per heavy atom.